The molecule has 1 aromatic carbocycles. The molecule has 1 fully saturated rings. The summed E-state index contributed by atoms with van der Waals surface area (Å²) in [4.78, 5) is 2.25. The van der Waals surface area contributed by atoms with Gasteiger partial charge in [0.1, 0.15) is 0 Å². The minimum atomic E-state index is -0.252. The first-order valence-corrected chi connectivity index (χ1v) is 6.01. The maximum absolute atomic E-state index is 14.0. The van der Waals surface area contributed by atoms with E-state index in [9.17, 15) is 4.39 Å². The van der Waals surface area contributed by atoms with Gasteiger partial charge in [-0.05, 0) is 18.9 Å². The van der Waals surface area contributed by atoms with Gasteiger partial charge in [0.15, 0.2) is 11.6 Å². The fourth-order valence-electron chi connectivity index (χ4n) is 2.05. The van der Waals surface area contributed by atoms with Crippen molar-refractivity contribution in [2.24, 2.45) is 5.73 Å². The van der Waals surface area contributed by atoms with Gasteiger partial charge in [-0.15, -0.1) is 0 Å². The van der Waals surface area contributed by atoms with E-state index in [1.165, 1.54) is 20.0 Å². The average Bonchev–Trinajstić information content (AvgIpc) is 3.15. The maximum atomic E-state index is 14.0. The quantitative estimate of drug-likeness (QED) is 0.820. The number of nitrogens with zero attached hydrogens (tertiary/aromatic N) is 1. The molecule has 2 N–H and O–H groups in total. The van der Waals surface area contributed by atoms with E-state index in [0.717, 1.165) is 6.54 Å². The lowest BCUT2D eigenvalue weighted by Gasteiger charge is -2.21. The van der Waals surface area contributed by atoms with Crippen LogP contribution in [0.5, 0.6) is 5.75 Å². The topological polar surface area (TPSA) is 38.5 Å². The summed E-state index contributed by atoms with van der Waals surface area (Å²) in [5.74, 6) is 0.0590. The van der Waals surface area contributed by atoms with Crippen molar-refractivity contribution in [3.05, 3.63) is 29.6 Å². The Morgan fingerprint density at radius 1 is 1.47 bits per heavy atom. The highest BCUT2D eigenvalue weighted by atomic mass is 19.1. The number of hydrogen-bond acceptors (Lipinski definition) is 3. The van der Waals surface area contributed by atoms with Crippen LogP contribution in [-0.2, 0) is 6.54 Å². The van der Waals surface area contributed by atoms with Crippen LogP contribution in [0.25, 0.3) is 0 Å². The third-order valence-corrected chi connectivity index (χ3v) is 3.12. The molecule has 17 heavy (non-hydrogen) atoms. The number of benzene rings is 1. The zero-order chi connectivity index (χ0) is 12.3. The normalized spacial score (nSPS) is 15.3. The van der Waals surface area contributed by atoms with E-state index in [2.05, 4.69) is 4.90 Å². The molecule has 94 valence electrons. The van der Waals surface area contributed by atoms with Crippen molar-refractivity contribution in [3.63, 3.8) is 0 Å². The van der Waals surface area contributed by atoms with Gasteiger partial charge in [-0.1, -0.05) is 12.1 Å². The molecule has 0 aliphatic heterocycles. The smallest absolute Gasteiger partial charge is 0.169 e. The standard InChI is InChI=1S/C13H19FN2O/c1-17-12-4-2-3-10(13(12)14)9-16(8-7-15)11-5-6-11/h2-4,11H,5-9,15H2,1H3. The summed E-state index contributed by atoms with van der Waals surface area (Å²) >= 11 is 0. The molecule has 0 spiro atoms. The number of halogens is 1. The first-order valence-electron chi connectivity index (χ1n) is 6.01. The van der Waals surface area contributed by atoms with Gasteiger partial charge in [-0.25, -0.2) is 4.39 Å². The van der Waals surface area contributed by atoms with Crippen LogP contribution in [0, 0.1) is 5.82 Å². The molecule has 1 aromatic rings. The molecule has 3 nitrogen and oxygen atoms in total. The molecule has 1 aliphatic rings. The molecule has 0 saturated heterocycles. The molecular formula is C13H19FN2O. The third kappa shape index (κ3) is 2.96. The third-order valence-electron chi connectivity index (χ3n) is 3.12. The van der Waals surface area contributed by atoms with Gasteiger partial charge in [-0.3, -0.25) is 4.90 Å². The summed E-state index contributed by atoms with van der Waals surface area (Å²) in [5.41, 5.74) is 6.27. The van der Waals surface area contributed by atoms with Gasteiger partial charge < -0.3 is 10.5 Å². The molecule has 2 rings (SSSR count). The molecular weight excluding hydrogens is 219 g/mol. The van der Waals surface area contributed by atoms with Crippen LogP contribution >= 0.6 is 0 Å². The van der Waals surface area contributed by atoms with E-state index >= 15 is 0 Å². The first-order chi connectivity index (χ1) is 8.26. The Hall–Kier alpha value is -1.13. The molecule has 0 aromatic heterocycles. The van der Waals surface area contributed by atoms with Crippen molar-refractivity contribution in [2.75, 3.05) is 20.2 Å². The highest BCUT2D eigenvalue weighted by Crippen LogP contribution is 2.29. The van der Waals surface area contributed by atoms with Crippen molar-refractivity contribution in [2.45, 2.75) is 25.4 Å². The second kappa shape index (κ2) is 5.47. The largest absolute Gasteiger partial charge is 0.494 e. The second-order valence-corrected chi connectivity index (χ2v) is 4.42. The van der Waals surface area contributed by atoms with Crippen molar-refractivity contribution >= 4 is 0 Å². The van der Waals surface area contributed by atoms with Crippen LogP contribution in [0.4, 0.5) is 4.39 Å². The Labute approximate surface area is 101 Å². The summed E-state index contributed by atoms with van der Waals surface area (Å²) < 4.78 is 19.0. The lowest BCUT2D eigenvalue weighted by atomic mass is 10.2. The molecule has 0 heterocycles. The summed E-state index contributed by atoms with van der Waals surface area (Å²) in [5, 5.41) is 0. The van der Waals surface area contributed by atoms with Gasteiger partial charge in [0.05, 0.1) is 7.11 Å². The van der Waals surface area contributed by atoms with E-state index in [0.29, 0.717) is 30.4 Å². The molecule has 4 heteroatoms. The SMILES string of the molecule is COc1cccc(CN(CCN)C2CC2)c1F. The molecule has 0 amide bonds. The Kier molecular flexibility index (Phi) is 3.97. The van der Waals surface area contributed by atoms with Crippen LogP contribution in [0.15, 0.2) is 18.2 Å². The highest BCUT2D eigenvalue weighted by Gasteiger charge is 2.29. The van der Waals surface area contributed by atoms with Crippen LogP contribution in [0.3, 0.4) is 0 Å². The number of hydrogen-bond donors (Lipinski definition) is 1. The fourth-order valence-corrected chi connectivity index (χ4v) is 2.05. The summed E-state index contributed by atoms with van der Waals surface area (Å²) in [7, 11) is 1.49. The van der Waals surface area contributed by atoms with Gasteiger partial charge in [-0.2, -0.15) is 0 Å². The second-order valence-electron chi connectivity index (χ2n) is 4.42. The fraction of sp³-hybridized carbons (Fsp3) is 0.538. The van der Waals surface area contributed by atoms with Crippen molar-refractivity contribution in [1.29, 1.82) is 0 Å². The number of methoxy groups -OCH3 is 1. The van der Waals surface area contributed by atoms with Gasteiger partial charge >= 0.3 is 0 Å². The average molecular weight is 238 g/mol. The van der Waals surface area contributed by atoms with Crippen LogP contribution in [0.2, 0.25) is 0 Å². The van der Waals surface area contributed by atoms with Crippen molar-refractivity contribution in [3.8, 4) is 5.75 Å². The minimum Gasteiger partial charge on any atom is -0.494 e. The highest BCUT2D eigenvalue weighted by molar-refractivity contribution is 5.31. The molecule has 0 unspecified atom stereocenters. The summed E-state index contributed by atoms with van der Waals surface area (Å²) in [6, 6.07) is 5.86. The van der Waals surface area contributed by atoms with Gasteiger partial charge in [0, 0.05) is 31.2 Å². The zero-order valence-electron chi connectivity index (χ0n) is 10.2. The van der Waals surface area contributed by atoms with E-state index in [1.807, 2.05) is 12.1 Å². The van der Waals surface area contributed by atoms with E-state index in [-0.39, 0.29) is 5.82 Å². The predicted molar refractivity (Wildman–Crippen MR) is 65.4 cm³/mol. The Morgan fingerprint density at radius 2 is 2.24 bits per heavy atom. The summed E-state index contributed by atoms with van der Waals surface area (Å²) in [6.45, 7) is 2.05. The summed E-state index contributed by atoms with van der Waals surface area (Å²) in [6.07, 6.45) is 2.40. The van der Waals surface area contributed by atoms with Crippen LogP contribution in [0.1, 0.15) is 18.4 Å². The van der Waals surface area contributed by atoms with Crippen LogP contribution < -0.4 is 10.5 Å². The zero-order valence-corrected chi connectivity index (χ0v) is 10.2. The maximum Gasteiger partial charge on any atom is 0.169 e. The van der Waals surface area contributed by atoms with Crippen molar-refractivity contribution < 1.29 is 9.13 Å². The van der Waals surface area contributed by atoms with Crippen LogP contribution in [-0.4, -0.2) is 31.1 Å². The Morgan fingerprint density at radius 3 is 2.82 bits per heavy atom. The monoisotopic (exact) mass is 238 g/mol. The minimum absolute atomic E-state index is 0.252. The van der Waals surface area contributed by atoms with E-state index < -0.39 is 0 Å². The van der Waals surface area contributed by atoms with Crippen molar-refractivity contribution in [1.82, 2.24) is 4.90 Å². The molecule has 0 bridgehead atoms. The lowest BCUT2D eigenvalue weighted by molar-refractivity contribution is 0.257. The van der Waals surface area contributed by atoms with Gasteiger partial charge in [0.25, 0.3) is 0 Å². The number of nitrogens with two attached hydrogens (primary N) is 1. The lowest BCUT2D eigenvalue weighted by Crippen LogP contribution is -2.31. The molecule has 0 radical (unpaired) electrons. The first kappa shape index (κ1) is 12.3. The number of ether oxygens (including phenoxy) is 1. The number of rotatable bonds is 6. The Balaban J connectivity index is 2.10. The molecule has 1 aliphatic carbocycles. The Bertz CT molecular complexity index is 380. The predicted octanol–water partition coefficient (Wildman–Crippen LogP) is 1.76. The van der Waals surface area contributed by atoms with Gasteiger partial charge in [0.2, 0.25) is 0 Å². The molecule has 1 saturated carbocycles. The molecule has 0 atom stereocenters. The van der Waals surface area contributed by atoms with E-state index in [1.54, 1.807) is 6.07 Å². The van der Waals surface area contributed by atoms with E-state index in [4.69, 9.17) is 10.5 Å².